The molecule has 0 unspecified atom stereocenters. The third-order valence-corrected chi connectivity index (χ3v) is 8.29. The zero-order valence-electron chi connectivity index (χ0n) is 22.4. The van der Waals surface area contributed by atoms with Crippen LogP contribution in [0.2, 0.25) is 0 Å². The molecule has 0 spiro atoms. The Bertz CT molecular complexity index is 1680. The number of benzene rings is 1. The lowest BCUT2D eigenvalue weighted by Crippen LogP contribution is -2.50. The molecule has 1 fully saturated rings. The molecule has 1 amide bonds. The zero-order valence-corrected chi connectivity index (χ0v) is 23.2. The number of nitrogens with zero attached hydrogens (tertiary/aromatic N) is 5. The first-order chi connectivity index (χ1) is 19.9. The van der Waals surface area contributed by atoms with Crippen LogP contribution in [0.3, 0.4) is 0 Å². The average molecular weight is 606 g/mol. The molecule has 3 aromatic rings. The topological polar surface area (TPSA) is 108 Å². The van der Waals surface area contributed by atoms with Gasteiger partial charge in [-0.25, -0.2) is 13.8 Å². The van der Waals surface area contributed by atoms with Crippen LogP contribution in [0.5, 0.6) is 0 Å². The van der Waals surface area contributed by atoms with Crippen molar-refractivity contribution >= 4 is 39.3 Å². The van der Waals surface area contributed by atoms with Gasteiger partial charge >= 0.3 is 6.18 Å². The van der Waals surface area contributed by atoms with Crippen LogP contribution >= 0.6 is 11.3 Å². The summed E-state index contributed by atoms with van der Waals surface area (Å²) in [4.78, 5) is 36.8. The maximum Gasteiger partial charge on any atom is 0.417 e. The lowest BCUT2D eigenvalue weighted by atomic mass is 10.0. The average Bonchev–Trinajstić information content (AvgIpc) is 3.61. The SMILES string of the molecule is C[C@H]1CN(c2cc(F)c(C3=CCN(c4ncc(C#N)s4)C3)c(F)c2NC(=O)c2c[nH]c(=O)cc2C(F)(F)F)CCN1C. The molecule has 15 heteroatoms. The highest BCUT2D eigenvalue weighted by Crippen LogP contribution is 2.40. The van der Waals surface area contributed by atoms with E-state index in [2.05, 4.69) is 10.3 Å². The van der Waals surface area contributed by atoms with Gasteiger partial charge in [0.25, 0.3) is 5.91 Å². The summed E-state index contributed by atoms with van der Waals surface area (Å²) in [5.74, 6) is -3.38. The van der Waals surface area contributed by atoms with E-state index in [0.29, 0.717) is 35.8 Å². The number of nitrogens with one attached hydrogen (secondary N) is 2. The molecule has 220 valence electrons. The van der Waals surface area contributed by atoms with E-state index in [4.69, 9.17) is 5.26 Å². The van der Waals surface area contributed by atoms with Crippen molar-refractivity contribution in [3.05, 3.63) is 74.2 Å². The molecule has 0 radical (unpaired) electrons. The molecule has 1 atom stereocenters. The fourth-order valence-electron chi connectivity index (χ4n) is 4.96. The van der Waals surface area contributed by atoms with E-state index in [1.807, 2.05) is 29.9 Å². The Hall–Kier alpha value is -4.29. The van der Waals surface area contributed by atoms with Crippen molar-refractivity contribution in [1.29, 1.82) is 5.26 Å². The predicted octanol–water partition coefficient (Wildman–Crippen LogP) is 4.30. The molecule has 4 heterocycles. The van der Waals surface area contributed by atoms with E-state index < -0.39 is 51.7 Å². The van der Waals surface area contributed by atoms with Gasteiger partial charge in [-0.15, -0.1) is 0 Å². The molecule has 2 aliphatic rings. The lowest BCUT2D eigenvalue weighted by Gasteiger charge is -2.40. The minimum Gasteiger partial charge on any atom is -0.367 e. The molecule has 9 nitrogen and oxygen atoms in total. The normalized spacial score (nSPS) is 17.8. The van der Waals surface area contributed by atoms with E-state index in [0.717, 1.165) is 17.4 Å². The van der Waals surface area contributed by atoms with Crippen LogP contribution in [-0.4, -0.2) is 66.6 Å². The molecule has 1 saturated heterocycles. The Morgan fingerprint density at radius 2 is 2.00 bits per heavy atom. The van der Waals surface area contributed by atoms with Crippen molar-refractivity contribution in [3.63, 3.8) is 0 Å². The second-order valence-electron chi connectivity index (χ2n) is 10.0. The summed E-state index contributed by atoms with van der Waals surface area (Å²) in [7, 11) is 1.89. The van der Waals surface area contributed by atoms with E-state index >= 15 is 8.78 Å². The first kappa shape index (κ1) is 29.2. The molecular weight excluding hydrogens is 581 g/mol. The van der Waals surface area contributed by atoms with Gasteiger partial charge in [0.2, 0.25) is 5.56 Å². The van der Waals surface area contributed by atoms with Crippen LogP contribution in [-0.2, 0) is 6.18 Å². The van der Waals surface area contributed by atoms with Gasteiger partial charge in [0.15, 0.2) is 10.9 Å². The van der Waals surface area contributed by atoms with Crippen LogP contribution in [0.4, 0.5) is 38.5 Å². The van der Waals surface area contributed by atoms with Gasteiger partial charge in [-0.2, -0.15) is 18.4 Å². The number of rotatable bonds is 5. The van der Waals surface area contributed by atoms with Gasteiger partial charge in [0.05, 0.1) is 28.6 Å². The number of carbonyl (C=O) groups is 1. The fourth-order valence-corrected chi connectivity index (χ4v) is 5.68. The third kappa shape index (κ3) is 5.59. The summed E-state index contributed by atoms with van der Waals surface area (Å²) in [6, 6.07) is 3.29. The molecule has 42 heavy (non-hydrogen) atoms. The Kier molecular flexibility index (Phi) is 7.78. The van der Waals surface area contributed by atoms with Crippen molar-refractivity contribution < 1.29 is 26.7 Å². The van der Waals surface area contributed by atoms with E-state index in [1.54, 1.807) is 15.9 Å². The molecule has 0 bridgehead atoms. The zero-order chi connectivity index (χ0) is 30.3. The predicted molar refractivity (Wildman–Crippen MR) is 148 cm³/mol. The Labute approximate surface area is 240 Å². The number of nitriles is 1. The van der Waals surface area contributed by atoms with E-state index in [-0.39, 0.29) is 36.5 Å². The molecule has 1 aromatic carbocycles. The largest absolute Gasteiger partial charge is 0.417 e. The number of thiazole rings is 1. The number of pyridine rings is 1. The van der Waals surface area contributed by atoms with Crippen molar-refractivity contribution in [2.75, 3.05) is 54.9 Å². The Balaban J connectivity index is 1.56. The number of likely N-dealkylation sites (N-methyl/N-ethyl adjacent to an activating group) is 1. The van der Waals surface area contributed by atoms with Crippen LogP contribution in [0.15, 0.2) is 35.4 Å². The summed E-state index contributed by atoms with van der Waals surface area (Å²) in [5.41, 5.74) is -4.17. The number of alkyl halides is 3. The van der Waals surface area contributed by atoms with Crippen molar-refractivity contribution in [2.24, 2.45) is 0 Å². The number of aromatic amines is 1. The maximum absolute atomic E-state index is 16.4. The third-order valence-electron chi connectivity index (χ3n) is 7.33. The first-order valence-electron chi connectivity index (χ1n) is 12.8. The number of carbonyl (C=O) groups excluding carboxylic acids is 1. The summed E-state index contributed by atoms with van der Waals surface area (Å²) in [6.45, 7) is 3.43. The quantitative estimate of drug-likeness (QED) is 0.418. The minimum absolute atomic E-state index is 0.0194. The monoisotopic (exact) mass is 605 g/mol. The lowest BCUT2D eigenvalue weighted by molar-refractivity contribution is -0.138. The van der Waals surface area contributed by atoms with Crippen LogP contribution in [0.1, 0.15) is 33.3 Å². The summed E-state index contributed by atoms with van der Waals surface area (Å²) in [6.07, 6.45) is -1.45. The minimum atomic E-state index is -5.04. The summed E-state index contributed by atoms with van der Waals surface area (Å²) >= 11 is 1.12. The van der Waals surface area contributed by atoms with Gasteiger partial charge in [-0.1, -0.05) is 17.4 Å². The maximum atomic E-state index is 16.4. The highest BCUT2D eigenvalue weighted by atomic mass is 32.1. The van der Waals surface area contributed by atoms with Crippen LogP contribution < -0.4 is 20.7 Å². The van der Waals surface area contributed by atoms with Crippen LogP contribution in [0.25, 0.3) is 5.57 Å². The van der Waals surface area contributed by atoms with Crippen molar-refractivity contribution in [1.82, 2.24) is 14.9 Å². The van der Waals surface area contributed by atoms with E-state index in [1.165, 1.54) is 6.20 Å². The molecular formula is C27H24F5N7O2S. The molecule has 5 rings (SSSR count). The molecule has 0 saturated carbocycles. The van der Waals surface area contributed by atoms with Gasteiger partial charge in [0.1, 0.15) is 22.5 Å². The van der Waals surface area contributed by atoms with Crippen molar-refractivity contribution in [3.8, 4) is 6.07 Å². The summed E-state index contributed by atoms with van der Waals surface area (Å²) in [5, 5.41) is 11.8. The Morgan fingerprint density at radius 3 is 2.67 bits per heavy atom. The molecule has 2 aromatic heterocycles. The second-order valence-corrected chi connectivity index (χ2v) is 11.0. The second kappa shape index (κ2) is 11.2. The van der Waals surface area contributed by atoms with Gasteiger partial charge in [-0.3, -0.25) is 9.59 Å². The smallest absolute Gasteiger partial charge is 0.367 e. The number of piperazine rings is 1. The highest BCUT2D eigenvalue weighted by Gasteiger charge is 2.37. The first-order valence-corrected chi connectivity index (χ1v) is 13.6. The standard InChI is InChI=1S/C27H24F5N7O2S/c1-14-12-38(6-5-37(14)2)20-8-19(28)22(15-3-4-39(13-15)26-35-10-16(9-33)42-26)23(29)24(20)36-25(41)17-11-34-21(40)7-18(17)27(30,31)32/h3,7-8,10-11,14H,4-6,12-13H2,1-2H3,(H,34,40)(H,36,41)/t14-/m0/s1. The van der Waals surface area contributed by atoms with Crippen molar-refractivity contribution in [2.45, 2.75) is 19.1 Å². The number of anilines is 3. The Morgan fingerprint density at radius 1 is 1.24 bits per heavy atom. The van der Waals surface area contributed by atoms with Gasteiger partial charge in [0, 0.05) is 57.1 Å². The van der Waals surface area contributed by atoms with E-state index in [9.17, 15) is 22.8 Å². The van der Waals surface area contributed by atoms with Crippen LogP contribution in [0, 0.1) is 23.0 Å². The molecule has 0 aliphatic carbocycles. The number of hydrogen-bond donors (Lipinski definition) is 2. The molecule has 2 N–H and O–H groups in total. The van der Waals surface area contributed by atoms with Gasteiger partial charge < -0.3 is 25.0 Å². The highest BCUT2D eigenvalue weighted by molar-refractivity contribution is 7.16. The van der Waals surface area contributed by atoms with Gasteiger partial charge in [-0.05, 0) is 19.5 Å². The summed E-state index contributed by atoms with van der Waals surface area (Å²) < 4.78 is 73.1. The number of amides is 1. The number of aromatic nitrogens is 2. The number of H-pyrrole nitrogens is 1. The molecule has 2 aliphatic heterocycles. The fraction of sp³-hybridized carbons (Fsp3) is 0.333. The number of halogens is 5. The number of hydrogen-bond acceptors (Lipinski definition) is 8.